The molecule has 3 heterocycles. The predicted molar refractivity (Wildman–Crippen MR) is 122 cm³/mol. The molecule has 5 rings (SSSR count). The summed E-state index contributed by atoms with van der Waals surface area (Å²) in [5.41, 5.74) is 1.96. The van der Waals surface area contributed by atoms with Crippen LogP contribution in [0.2, 0.25) is 0 Å². The largest absolute Gasteiger partial charge is 0.434 e. The number of piperazine rings is 1. The van der Waals surface area contributed by atoms with Crippen LogP contribution in [0.1, 0.15) is 5.69 Å². The fraction of sp³-hybridized carbons (Fsp3) is 0.208. The zero-order chi connectivity index (χ0) is 22.1. The van der Waals surface area contributed by atoms with Gasteiger partial charge in [0.25, 0.3) is 0 Å². The van der Waals surface area contributed by atoms with Gasteiger partial charge in [0.1, 0.15) is 0 Å². The van der Waals surface area contributed by atoms with Gasteiger partial charge in [0.05, 0.1) is 4.88 Å². The van der Waals surface area contributed by atoms with Gasteiger partial charge in [-0.05, 0) is 42.0 Å². The third kappa shape index (κ3) is 4.16. The van der Waals surface area contributed by atoms with Crippen LogP contribution < -0.4 is 10.2 Å². The van der Waals surface area contributed by atoms with Gasteiger partial charge in [-0.3, -0.25) is 4.57 Å². The lowest BCUT2D eigenvalue weighted by Crippen LogP contribution is -2.43. The average molecular weight is 455 g/mol. The first kappa shape index (κ1) is 20.8. The van der Waals surface area contributed by atoms with E-state index < -0.39 is 11.9 Å². The molecule has 4 aromatic rings. The van der Waals surface area contributed by atoms with Crippen LogP contribution in [0.15, 0.2) is 72.9 Å². The second kappa shape index (κ2) is 8.44. The standard InChI is InChI=1S/C24H21F3N4S/c25-24(26,27)22-16-31(19-4-2-1-3-5-19)23(29-22)21-11-10-20(32-21)17-6-8-18(9-7-17)30-14-12-28-13-15-30/h1-11,16,28H,12-15H2. The summed E-state index contributed by atoms with van der Waals surface area (Å²) in [4.78, 5) is 7.96. The Bertz CT molecular complexity index is 1190. The lowest BCUT2D eigenvalue weighted by Gasteiger charge is -2.29. The van der Waals surface area contributed by atoms with Gasteiger partial charge in [0, 0.05) is 48.6 Å². The number of benzene rings is 2. The maximum absolute atomic E-state index is 13.4. The molecule has 0 unspecified atom stereocenters. The second-order valence-corrected chi connectivity index (χ2v) is 8.68. The number of hydrogen-bond acceptors (Lipinski definition) is 4. The first-order chi connectivity index (χ1) is 15.5. The Morgan fingerprint density at radius 2 is 1.50 bits per heavy atom. The van der Waals surface area contributed by atoms with Gasteiger partial charge >= 0.3 is 6.18 Å². The Kier molecular flexibility index (Phi) is 5.48. The Labute approximate surface area is 188 Å². The van der Waals surface area contributed by atoms with Crippen molar-refractivity contribution in [3.63, 3.8) is 0 Å². The van der Waals surface area contributed by atoms with Crippen LogP contribution in [-0.2, 0) is 6.18 Å². The summed E-state index contributed by atoms with van der Waals surface area (Å²) in [6, 6.07) is 21.1. The molecule has 8 heteroatoms. The monoisotopic (exact) mass is 454 g/mol. The van der Waals surface area contributed by atoms with Crippen molar-refractivity contribution in [1.29, 1.82) is 0 Å². The number of nitrogens with zero attached hydrogens (tertiary/aromatic N) is 3. The zero-order valence-corrected chi connectivity index (χ0v) is 18.0. The van der Waals surface area contributed by atoms with Crippen LogP contribution in [0, 0.1) is 0 Å². The Morgan fingerprint density at radius 1 is 0.812 bits per heavy atom. The molecule has 1 aliphatic heterocycles. The van der Waals surface area contributed by atoms with E-state index in [1.165, 1.54) is 21.6 Å². The summed E-state index contributed by atoms with van der Waals surface area (Å²) in [7, 11) is 0. The van der Waals surface area contributed by atoms with Crippen molar-refractivity contribution in [2.45, 2.75) is 6.18 Å². The summed E-state index contributed by atoms with van der Waals surface area (Å²) in [6.45, 7) is 3.91. The SMILES string of the molecule is FC(F)(F)c1cn(-c2ccccc2)c(-c2ccc(-c3ccc(N4CCNCC4)cc3)s2)n1. The first-order valence-corrected chi connectivity index (χ1v) is 11.2. The molecule has 2 aromatic heterocycles. The van der Waals surface area contributed by atoms with Gasteiger partial charge in [0.15, 0.2) is 11.5 Å². The normalized spacial score (nSPS) is 14.7. The number of rotatable bonds is 4. The van der Waals surface area contributed by atoms with E-state index in [9.17, 15) is 13.2 Å². The average Bonchev–Trinajstić information content (AvgIpc) is 3.48. The molecule has 1 fully saturated rings. The molecular weight excluding hydrogens is 433 g/mol. The van der Waals surface area contributed by atoms with E-state index in [0.29, 0.717) is 10.6 Å². The zero-order valence-electron chi connectivity index (χ0n) is 17.1. The van der Waals surface area contributed by atoms with Gasteiger partial charge < -0.3 is 10.2 Å². The highest BCUT2D eigenvalue weighted by Gasteiger charge is 2.35. The summed E-state index contributed by atoms with van der Waals surface area (Å²) >= 11 is 1.44. The van der Waals surface area contributed by atoms with Crippen LogP contribution in [-0.4, -0.2) is 35.7 Å². The summed E-state index contributed by atoms with van der Waals surface area (Å²) in [6.07, 6.45) is -3.44. The molecule has 0 amide bonds. The van der Waals surface area contributed by atoms with Crippen molar-refractivity contribution in [3.8, 4) is 26.8 Å². The van der Waals surface area contributed by atoms with Crippen molar-refractivity contribution in [3.05, 3.63) is 78.6 Å². The Balaban J connectivity index is 1.47. The predicted octanol–water partition coefficient (Wildman–Crippen LogP) is 5.70. The maximum atomic E-state index is 13.4. The third-order valence-electron chi connectivity index (χ3n) is 5.49. The van der Waals surface area contributed by atoms with E-state index in [4.69, 9.17) is 0 Å². The molecule has 2 aromatic carbocycles. The lowest BCUT2D eigenvalue weighted by molar-refractivity contribution is -0.140. The van der Waals surface area contributed by atoms with Gasteiger partial charge in [-0.15, -0.1) is 11.3 Å². The highest BCUT2D eigenvalue weighted by molar-refractivity contribution is 7.18. The maximum Gasteiger partial charge on any atom is 0.434 e. The van der Waals surface area contributed by atoms with E-state index in [2.05, 4.69) is 39.5 Å². The van der Waals surface area contributed by atoms with Crippen molar-refractivity contribution < 1.29 is 13.2 Å². The van der Waals surface area contributed by atoms with Gasteiger partial charge in [-0.2, -0.15) is 13.2 Å². The first-order valence-electron chi connectivity index (χ1n) is 10.4. The summed E-state index contributed by atoms with van der Waals surface area (Å²) < 4.78 is 41.7. The number of imidazole rings is 1. The number of anilines is 1. The Morgan fingerprint density at radius 3 is 2.19 bits per heavy atom. The highest BCUT2D eigenvalue weighted by Crippen LogP contribution is 2.38. The third-order valence-corrected chi connectivity index (χ3v) is 6.62. The number of thiophene rings is 1. The molecule has 0 spiro atoms. The molecule has 0 radical (unpaired) electrons. The van der Waals surface area contributed by atoms with Crippen molar-refractivity contribution in [2.75, 3.05) is 31.1 Å². The molecular formula is C24H21F3N4S. The van der Waals surface area contributed by atoms with Crippen molar-refractivity contribution in [2.24, 2.45) is 0 Å². The van der Waals surface area contributed by atoms with Gasteiger partial charge in [-0.1, -0.05) is 30.3 Å². The van der Waals surface area contributed by atoms with Gasteiger partial charge in [-0.25, -0.2) is 4.98 Å². The van der Waals surface area contributed by atoms with Crippen molar-refractivity contribution >= 4 is 17.0 Å². The molecule has 0 saturated carbocycles. The van der Waals surface area contributed by atoms with E-state index in [1.54, 1.807) is 24.3 Å². The number of alkyl halides is 3. The lowest BCUT2D eigenvalue weighted by atomic mass is 10.1. The molecule has 32 heavy (non-hydrogen) atoms. The van der Waals surface area contributed by atoms with Crippen LogP contribution in [0.25, 0.3) is 26.8 Å². The summed E-state index contributed by atoms with van der Waals surface area (Å²) in [5.74, 6) is 0.289. The second-order valence-electron chi connectivity index (χ2n) is 7.60. The van der Waals surface area contributed by atoms with E-state index >= 15 is 0 Å². The van der Waals surface area contributed by atoms with Crippen LogP contribution in [0.4, 0.5) is 18.9 Å². The molecule has 164 valence electrons. The fourth-order valence-corrected chi connectivity index (χ4v) is 4.85. The Hall–Kier alpha value is -3.10. The van der Waals surface area contributed by atoms with Crippen LogP contribution in [0.3, 0.4) is 0 Å². The van der Waals surface area contributed by atoms with Crippen molar-refractivity contribution in [1.82, 2.24) is 14.9 Å². The van der Waals surface area contributed by atoms with E-state index in [0.717, 1.165) is 42.8 Å². The fourth-order valence-electron chi connectivity index (χ4n) is 3.85. The quantitative estimate of drug-likeness (QED) is 0.430. The van der Waals surface area contributed by atoms with Crippen LogP contribution >= 0.6 is 11.3 Å². The molecule has 0 bridgehead atoms. The molecule has 1 saturated heterocycles. The molecule has 1 aliphatic rings. The molecule has 1 N–H and O–H groups in total. The van der Waals surface area contributed by atoms with Crippen LogP contribution in [0.5, 0.6) is 0 Å². The minimum absolute atomic E-state index is 0.289. The van der Waals surface area contributed by atoms with Gasteiger partial charge in [0.2, 0.25) is 0 Å². The molecule has 0 atom stereocenters. The molecule has 4 nitrogen and oxygen atoms in total. The number of halogens is 3. The molecule has 0 aliphatic carbocycles. The van der Waals surface area contributed by atoms with E-state index in [1.807, 2.05) is 18.2 Å². The number of para-hydroxylation sites is 1. The summed E-state index contributed by atoms with van der Waals surface area (Å²) in [5, 5.41) is 3.35. The number of hydrogen-bond donors (Lipinski definition) is 1. The number of aromatic nitrogens is 2. The smallest absolute Gasteiger partial charge is 0.369 e. The van der Waals surface area contributed by atoms with E-state index in [-0.39, 0.29) is 5.82 Å². The minimum Gasteiger partial charge on any atom is -0.369 e. The highest BCUT2D eigenvalue weighted by atomic mass is 32.1. The number of nitrogens with one attached hydrogen (secondary N) is 1. The minimum atomic E-state index is -4.51. The topological polar surface area (TPSA) is 33.1 Å².